The molecule has 0 aliphatic heterocycles. The second kappa shape index (κ2) is 9.85. The third-order valence-corrected chi connectivity index (χ3v) is 3.44. The lowest BCUT2D eigenvalue weighted by molar-refractivity contribution is -0.147. The molecule has 2 amide bonds. The molecule has 0 saturated carbocycles. The number of ether oxygens (including phenoxy) is 3. The Morgan fingerprint density at radius 1 is 1.04 bits per heavy atom. The van der Waals surface area contributed by atoms with E-state index in [4.69, 9.17) is 18.6 Å². The van der Waals surface area contributed by atoms with Crippen molar-refractivity contribution in [2.24, 2.45) is 0 Å². The summed E-state index contributed by atoms with van der Waals surface area (Å²) in [5.74, 6) is -0.259. The fourth-order valence-electron chi connectivity index (χ4n) is 2.08. The molecule has 0 spiro atoms. The van der Waals surface area contributed by atoms with Crippen LogP contribution in [-0.2, 0) is 20.9 Å². The van der Waals surface area contributed by atoms with Gasteiger partial charge in [-0.05, 0) is 30.3 Å². The summed E-state index contributed by atoms with van der Waals surface area (Å²) >= 11 is 0. The van der Waals surface area contributed by atoms with E-state index in [1.165, 1.54) is 32.6 Å². The molecule has 2 aromatic rings. The number of carbonyl (C=O) groups is 3. The Bertz CT molecular complexity index is 787. The zero-order valence-electron chi connectivity index (χ0n) is 14.9. The SMILES string of the molecule is COc1ccc(C(=O)NCC(=O)OCC(=O)NCc2ccco2)cc1OC. The van der Waals surface area contributed by atoms with E-state index in [1.54, 1.807) is 18.2 Å². The molecule has 0 radical (unpaired) electrons. The fourth-order valence-corrected chi connectivity index (χ4v) is 2.08. The highest BCUT2D eigenvalue weighted by Gasteiger charge is 2.13. The largest absolute Gasteiger partial charge is 0.493 e. The summed E-state index contributed by atoms with van der Waals surface area (Å²) in [6.45, 7) is -0.635. The summed E-state index contributed by atoms with van der Waals surface area (Å²) in [6, 6.07) is 8.00. The predicted molar refractivity (Wildman–Crippen MR) is 93.4 cm³/mol. The Kier molecular flexibility index (Phi) is 7.24. The molecule has 2 N–H and O–H groups in total. The number of rotatable bonds is 9. The highest BCUT2D eigenvalue weighted by molar-refractivity contribution is 5.96. The molecule has 0 bridgehead atoms. The normalized spacial score (nSPS) is 10.0. The van der Waals surface area contributed by atoms with Crippen LogP contribution in [0.25, 0.3) is 0 Å². The minimum atomic E-state index is -0.739. The molecule has 1 heterocycles. The Morgan fingerprint density at radius 2 is 1.81 bits per heavy atom. The van der Waals surface area contributed by atoms with Crippen LogP contribution in [0.4, 0.5) is 0 Å². The lowest BCUT2D eigenvalue weighted by Crippen LogP contribution is -2.33. The van der Waals surface area contributed by atoms with Crippen LogP contribution < -0.4 is 20.1 Å². The lowest BCUT2D eigenvalue weighted by atomic mass is 10.2. The van der Waals surface area contributed by atoms with E-state index < -0.39 is 24.4 Å². The van der Waals surface area contributed by atoms with E-state index in [-0.39, 0.29) is 18.7 Å². The van der Waals surface area contributed by atoms with Gasteiger partial charge in [0.25, 0.3) is 11.8 Å². The van der Waals surface area contributed by atoms with Crippen LogP contribution in [0.1, 0.15) is 16.1 Å². The first-order valence-corrected chi connectivity index (χ1v) is 7.98. The molecule has 1 aromatic carbocycles. The predicted octanol–water partition coefficient (Wildman–Crippen LogP) is 0.886. The van der Waals surface area contributed by atoms with Gasteiger partial charge in [-0.1, -0.05) is 0 Å². The van der Waals surface area contributed by atoms with Gasteiger partial charge in [0, 0.05) is 5.56 Å². The molecule has 0 atom stereocenters. The lowest BCUT2D eigenvalue weighted by Gasteiger charge is -2.10. The number of nitrogens with one attached hydrogen (secondary N) is 2. The van der Waals surface area contributed by atoms with Crippen molar-refractivity contribution in [1.82, 2.24) is 10.6 Å². The molecule has 27 heavy (non-hydrogen) atoms. The third-order valence-electron chi connectivity index (χ3n) is 3.44. The van der Waals surface area contributed by atoms with E-state index in [1.807, 2.05) is 0 Å². The number of methoxy groups -OCH3 is 2. The molecule has 1 aromatic heterocycles. The zero-order chi connectivity index (χ0) is 19.6. The minimum Gasteiger partial charge on any atom is -0.493 e. The van der Waals surface area contributed by atoms with Crippen molar-refractivity contribution in [3.63, 3.8) is 0 Å². The fraction of sp³-hybridized carbons (Fsp3) is 0.278. The smallest absolute Gasteiger partial charge is 0.325 e. The molecule has 0 saturated heterocycles. The van der Waals surface area contributed by atoms with Crippen LogP contribution in [0.2, 0.25) is 0 Å². The van der Waals surface area contributed by atoms with E-state index in [0.717, 1.165) is 0 Å². The Hall–Kier alpha value is -3.49. The van der Waals surface area contributed by atoms with Crippen molar-refractivity contribution in [2.45, 2.75) is 6.54 Å². The van der Waals surface area contributed by atoms with Crippen molar-refractivity contribution in [3.8, 4) is 11.5 Å². The van der Waals surface area contributed by atoms with Crippen molar-refractivity contribution in [3.05, 3.63) is 47.9 Å². The second-order valence-electron chi connectivity index (χ2n) is 5.27. The highest BCUT2D eigenvalue weighted by atomic mass is 16.5. The quantitative estimate of drug-likeness (QED) is 0.624. The Labute approximate surface area is 155 Å². The summed E-state index contributed by atoms with van der Waals surface area (Å²) in [6.07, 6.45) is 1.49. The molecule has 0 aliphatic rings. The van der Waals surface area contributed by atoms with E-state index in [9.17, 15) is 14.4 Å². The summed E-state index contributed by atoms with van der Waals surface area (Å²) < 4.78 is 20.1. The van der Waals surface area contributed by atoms with E-state index in [0.29, 0.717) is 17.3 Å². The summed E-state index contributed by atoms with van der Waals surface area (Å²) in [4.78, 5) is 35.3. The average molecular weight is 376 g/mol. The van der Waals surface area contributed by atoms with Gasteiger partial charge in [0.1, 0.15) is 12.3 Å². The van der Waals surface area contributed by atoms with Gasteiger partial charge in [0.2, 0.25) is 0 Å². The van der Waals surface area contributed by atoms with Gasteiger partial charge < -0.3 is 29.3 Å². The molecule has 2 rings (SSSR count). The van der Waals surface area contributed by atoms with Gasteiger partial charge in [-0.3, -0.25) is 14.4 Å². The molecule has 0 aliphatic carbocycles. The summed E-state index contributed by atoms with van der Waals surface area (Å²) in [5, 5.41) is 4.94. The number of hydrogen-bond acceptors (Lipinski definition) is 7. The first-order valence-electron chi connectivity index (χ1n) is 7.98. The van der Waals surface area contributed by atoms with Crippen LogP contribution in [0.5, 0.6) is 11.5 Å². The van der Waals surface area contributed by atoms with Crippen LogP contribution in [0, 0.1) is 0 Å². The number of amides is 2. The first kappa shape index (κ1) is 19.8. The molecule has 9 nitrogen and oxygen atoms in total. The highest BCUT2D eigenvalue weighted by Crippen LogP contribution is 2.27. The average Bonchev–Trinajstić information content (AvgIpc) is 3.21. The van der Waals surface area contributed by atoms with Crippen molar-refractivity contribution >= 4 is 17.8 Å². The maximum absolute atomic E-state index is 12.1. The van der Waals surface area contributed by atoms with Crippen molar-refractivity contribution < 1.29 is 33.0 Å². The minimum absolute atomic E-state index is 0.194. The standard InChI is InChI=1S/C18H20N2O7/c1-24-14-6-5-12(8-15(14)25-2)18(23)20-10-17(22)27-11-16(21)19-9-13-4-3-7-26-13/h3-8H,9-11H2,1-2H3,(H,19,21)(H,20,23). The number of furan rings is 1. The number of esters is 1. The molecule has 9 heteroatoms. The topological polar surface area (TPSA) is 116 Å². The number of benzene rings is 1. The van der Waals surface area contributed by atoms with Gasteiger partial charge in [0.05, 0.1) is 27.0 Å². The van der Waals surface area contributed by atoms with Crippen LogP contribution in [0.3, 0.4) is 0 Å². The molecule has 144 valence electrons. The van der Waals surface area contributed by atoms with Crippen LogP contribution >= 0.6 is 0 Å². The summed E-state index contributed by atoms with van der Waals surface area (Å²) in [5.41, 5.74) is 0.289. The van der Waals surface area contributed by atoms with Gasteiger partial charge in [0.15, 0.2) is 18.1 Å². The third kappa shape index (κ3) is 6.07. The van der Waals surface area contributed by atoms with Crippen molar-refractivity contribution in [1.29, 1.82) is 0 Å². The number of hydrogen-bond donors (Lipinski definition) is 2. The Morgan fingerprint density at radius 3 is 2.48 bits per heavy atom. The summed E-state index contributed by atoms with van der Waals surface area (Å²) in [7, 11) is 2.94. The second-order valence-corrected chi connectivity index (χ2v) is 5.27. The van der Waals surface area contributed by atoms with Gasteiger partial charge >= 0.3 is 5.97 Å². The number of carbonyl (C=O) groups excluding carboxylic acids is 3. The van der Waals surface area contributed by atoms with Gasteiger partial charge in [-0.2, -0.15) is 0 Å². The zero-order valence-corrected chi connectivity index (χ0v) is 14.9. The van der Waals surface area contributed by atoms with Gasteiger partial charge in [-0.15, -0.1) is 0 Å². The van der Waals surface area contributed by atoms with Crippen molar-refractivity contribution in [2.75, 3.05) is 27.4 Å². The van der Waals surface area contributed by atoms with Crippen LogP contribution in [0.15, 0.2) is 41.0 Å². The molecular weight excluding hydrogens is 356 g/mol. The maximum atomic E-state index is 12.1. The maximum Gasteiger partial charge on any atom is 0.325 e. The van der Waals surface area contributed by atoms with E-state index >= 15 is 0 Å². The van der Waals surface area contributed by atoms with Crippen LogP contribution in [-0.4, -0.2) is 45.2 Å². The molecular formula is C18H20N2O7. The van der Waals surface area contributed by atoms with Gasteiger partial charge in [-0.25, -0.2) is 0 Å². The first-order chi connectivity index (χ1) is 13.0. The molecule has 0 fully saturated rings. The molecule has 0 unspecified atom stereocenters. The monoisotopic (exact) mass is 376 g/mol. The van der Waals surface area contributed by atoms with E-state index in [2.05, 4.69) is 10.6 Å². The Balaban J connectivity index is 1.73.